The zero-order valence-corrected chi connectivity index (χ0v) is 22.6. The summed E-state index contributed by atoms with van der Waals surface area (Å²) in [4.78, 5) is 30.4. The molecule has 0 unspecified atom stereocenters. The van der Waals surface area contributed by atoms with E-state index in [1.807, 2.05) is 23.6 Å². The predicted octanol–water partition coefficient (Wildman–Crippen LogP) is 6.02. The molecule has 0 amide bonds. The van der Waals surface area contributed by atoms with Crippen molar-refractivity contribution in [3.8, 4) is 28.8 Å². The average molecular weight is 540 g/mol. The van der Waals surface area contributed by atoms with Gasteiger partial charge in [0.15, 0.2) is 11.5 Å². The maximum atomic E-state index is 12.8. The lowest BCUT2D eigenvalue weighted by Crippen LogP contribution is -2.23. The van der Waals surface area contributed by atoms with E-state index in [2.05, 4.69) is 16.4 Å². The number of carbonyl (C=O) groups excluding carboxylic acids is 2. The molecule has 0 radical (unpaired) electrons. The van der Waals surface area contributed by atoms with Gasteiger partial charge < -0.3 is 24.3 Å². The highest BCUT2D eigenvalue weighted by atomic mass is 32.1. The molecule has 37 heavy (non-hydrogen) atoms. The van der Waals surface area contributed by atoms with Crippen molar-refractivity contribution in [2.24, 2.45) is 0 Å². The van der Waals surface area contributed by atoms with Gasteiger partial charge in [0.1, 0.15) is 32.1 Å². The molecule has 4 rings (SSSR count). The van der Waals surface area contributed by atoms with Crippen LogP contribution in [0.1, 0.15) is 58.3 Å². The number of nitrogens with one attached hydrogen (secondary N) is 1. The standard InChI is InChI=1S/C26H25N3O6S2/c1-6-32-24(30)20-14(2)21(25(31)35-26(3,4)5)37-23(20)28-11-16(10-27)22-29-17(12-36-22)15-7-8-18-19(9-15)34-13-33-18/h7-9,11-12,28H,6,13H2,1-5H3/b16-11-. The Hall–Kier alpha value is -3.88. The number of nitrogens with zero attached hydrogens (tertiary/aromatic N) is 2. The zero-order valence-electron chi connectivity index (χ0n) is 21.0. The van der Waals surface area contributed by atoms with Gasteiger partial charge in [0.25, 0.3) is 0 Å². The summed E-state index contributed by atoms with van der Waals surface area (Å²) in [6.45, 7) is 9.04. The van der Waals surface area contributed by atoms with Crippen molar-refractivity contribution >= 4 is 45.2 Å². The Kier molecular flexibility index (Phi) is 7.52. The SMILES string of the molecule is CCOC(=O)c1c(N/C=C(/C#N)c2nc(-c3ccc4c(c3)OCO4)cs2)sc(C(=O)OC(C)(C)C)c1C. The number of rotatable bonds is 7. The van der Waals surface area contributed by atoms with Crippen molar-refractivity contribution in [1.29, 1.82) is 5.26 Å². The molecular weight excluding hydrogens is 514 g/mol. The van der Waals surface area contributed by atoms with Crippen molar-refractivity contribution in [3.63, 3.8) is 0 Å². The number of thiophene rings is 1. The molecule has 3 heterocycles. The molecule has 1 N–H and O–H groups in total. The van der Waals surface area contributed by atoms with E-state index in [9.17, 15) is 14.9 Å². The minimum absolute atomic E-state index is 0.177. The van der Waals surface area contributed by atoms with Crippen LogP contribution in [-0.2, 0) is 9.47 Å². The zero-order chi connectivity index (χ0) is 26.7. The van der Waals surface area contributed by atoms with Crippen LogP contribution in [0.4, 0.5) is 5.00 Å². The van der Waals surface area contributed by atoms with Gasteiger partial charge in [-0.05, 0) is 58.4 Å². The van der Waals surface area contributed by atoms with Gasteiger partial charge in [0, 0.05) is 17.1 Å². The lowest BCUT2D eigenvalue weighted by Gasteiger charge is -2.19. The fraction of sp³-hybridized carbons (Fsp3) is 0.308. The van der Waals surface area contributed by atoms with E-state index < -0.39 is 17.5 Å². The van der Waals surface area contributed by atoms with E-state index in [4.69, 9.17) is 18.9 Å². The lowest BCUT2D eigenvalue weighted by molar-refractivity contribution is 0.00744. The third-order valence-corrected chi connectivity index (χ3v) is 7.16. The number of aromatic nitrogens is 1. The summed E-state index contributed by atoms with van der Waals surface area (Å²) in [5, 5.41) is 15.5. The Morgan fingerprint density at radius 2 is 2.00 bits per heavy atom. The molecule has 0 aliphatic carbocycles. The summed E-state index contributed by atoms with van der Waals surface area (Å²) >= 11 is 2.37. The van der Waals surface area contributed by atoms with Gasteiger partial charge in [-0.15, -0.1) is 22.7 Å². The van der Waals surface area contributed by atoms with Crippen LogP contribution in [0.5, 0.6) is 11.5 Å². The molecule has 3 aromatic rings. The lowest BCUT2D eigenvalue weighted by atomic mass is 10.1. The fourth-order valence-electron chi connectivity index (χ4n) is 3.45. The number of nitriles is 1. The van der Waals surface area contributed by atoms with Crippen LogP contribution in [0.3, 0.4) is 0 Å². The van der Waals surface area contributed by atoms with Crippen molar-refractivity contribution < 1.29 is 28.5 Å². The van der Waals surface area contributed by atoms with Crippen molar-refractivity contribution in [1.82, 2.24) is 4.98 Å². The highest BCUT2D eigenvalue weighted by molar-refractivity contribution is 7.18. The largest absolute Gasteiger partial charge is 0.462 e. The highest BCUT2D eigenvalue weighted by Crippen LogP contribution is 2.38. The fourth-order valence-corrected chi connectivity index (χ4v) is 5.28. The first-order chi connectivity index (χ1) is 17.6. The molecule has 11 heteroatoms. The molecule has 0 bridgehead atoms. The van der Waals surface area contributed by atoms with E-state index in [1.165, 1.54) is 17.5 Å². The Bertz CT molecular complexity index is 1420. The predicted molar refractivity (Wildman–Crippen MR) is 141 cm³/mol. The molecule has 0 spiro atoms. The number of allylic oxidation sites excluding steroid dienone is 1. The summed E-state index contributed by atoms with van der Waals surface area (Å²) < 4.78 is 21.5. The van der Waals surface area contributed by atoms with Crippen LogP contribution in [0.25, 0.3) is 16.8 Å². The summed E-state index contributed by atoms with van der Waals surface area (Å²) in [6, 6.07) is 7.67. The highest BCUT2D eigenvalue weighted by Gasteiger charge is 2.28. The Balaban J connectivity index is 1.63. The van der Waals surface area contributed by atoms with Crippen LogP contribution in [0.2, 0.25) is 0 Å². The van der Waals surface area contributed by atoms with Crippen LogP contribution in [0, 0.1) is 18.3 Å². The van der Waals surface area contributed by atoms with Gasteiger partial charge in [-0.25, -0.2) is 14.6 Å². The first kappa shape index (κ1) is 26.2. The molecule has 1 aromatic carbocycles. The summed E-state index contributed by atoms with van der Waals surface area (Å²) in [5.41, 5.74) is 1.76. The molecule has 0 saturated carbocycles. The molecule has 0 fully saturated rings. The van der Waals surface area contributed by atoms with Gasteiger partial charge in [-0.1, -0.05) is 0 Å². The molecule has 2 aromatic heterocycles. The number of benzene rings is 1. The van der Waals surface area contributed by atoms with E-state index >= 15 is 0 Å². The molecular formula is C26H25N3O6S2. The van der Waals surface area contributed by atoms with Crippen LogP contribution < -0.4 is 14.8 Å². The summed E-state index contributed by atoms with van der Waals surface area (Å²) in [5.74, 6) is 0.215. The number of thiazole rings is 1. The minimum atomic E-state index is -0.695. The van der Waals surface area contributed by atoms with Gasteiger partial charge in [-0.3, -0.25) is 0 Å². The monoisotopic (exact) mass is 539 g/mol. The topological polar surface area (TPSA) is 120 Å². The summed E-state index contributed by atoms with van der Waals surface area (Å²) in [6.07, 6.45) is 1.47. The Morgan fingerprint density at radius 1 is 1.24 bits per heavy atom. The van der Waals surface area contributed by atoms with Crippen LogP contribution in [-0.4, -0.2) is 35.9 Å². The quantitative estimate of drug-likeness (QED) is 0.284. The smallest absolute Gasteiger partial charge is 0.349 e. The normalized spacial score (nSPS) is 12.7. The van der Waals surface area contributed by atoms with Crippen molar-refractivity contribution in [2.75, 3.05) is 18.7 Å². The second-order valence-corrected chi connectivity index (χ2v) is 10.8. The maximum Gasteiger partial charge on any atom is 0.349 e. The van der Waals surface area contributed by atoms with Gasteiger partial charge in [-0.2, -0.15) is 5.26 Å². The maximum absolute atomic E-state index is 12.8. The van der Waals surface area contributed by atoms with E-state index in [-0.39, 0.29) is 29.4 Å². The van der Waals surface area contributed by atoms with E-state index in [0.717, 1.165) is 16.9 Å². The second-order valence-electron chi connectivity index (χ2n) is 8.90. The third kappa shape index (κ3) is 5.76. The Morgan fingerprint density at radius 3 is 2.70 bits per heavy atom. The third-order valence-electron chi connectivity index (χ3n) is 5.08. The van der Waals surface area contributed by atoms with Gasteiger partial charge >= 0.3 is 11.9 Å². The Labute approximate surface area is 222 Å². The number of esters is 2. The number of ether oxygens (including phenoxy) is 4. The van der Waals surface area contributed by atoms with Gasteiger partial charge in [0.05, 0.1) is 17.9 Å². The first-order valence-electron chi connectivity index (χ1n) is 11.4. The second kappa shape index (κ2) is 10.6. The molecule has 1 aliphatic heterocycles. The molecule has 192 valence electrons. The minimum Gasteiger partial charge on any atom is -0.462 e. The molecule has 1 aliphatic rings. The van der Waals surface area contributed by atoms with Crippen LogP contribution >= 0.6 is 22.7 Å². The van der Waals surface area contributed by atoms with Crippen molar-refractivity contribution in [2.45, 2.75) is 40.2 Å². The number of fused-ring (bicyclic) bond motifs is 1. The number of hydrogen-bond acceptors (Lipinski definition) is 11. The van der Waals surface area contributed by atoms with E-state index in [1.54, 1.807) is 34.6 Å². The number of carbonyl (C=O) groups is 2. The number of hydrogen-bond donors (Lipinski definition) is 1. The van der Waals surface area contributed by atoms with E-state index in [0.29, 0.717) is 32.8 Å². The number of anilines is 1. The molecule has 0 saturated heterocycles. The van der Waals surface area contributed by atoms with Crippen LogP contribution in [0.15, 0.2) is 29.8 Å². The molecule has 0 atom stereocenters. The average Bonchev–Trinajstić information content (AvgIpc) is 3.57. The van der Waals surface area contributed by atoms with Crippen molar-refractivity contribution in [3.05, 3.63) is 50.8 Å². The first-order valence-corrected chi connectivity index (χ1v) is 13.1. The van der Waals surface area contributed by atoms with Gasteiger partial charge in [0.2, 0.25) is 6.79 Å². The summed E-state index contributed by atoms with van der Waals surface area (Å²) in [7, 11) is 0. The molecule has 9 nitrogen and oxygen atoms in total.